The van der Waals surface area contributed by atoms with Crippen LogP contribution in [-0.2, 0) is 9.53 Å². The highest BCUT2D eigenvalue weighted by molar-refractivity contribution is 6.32. The Morgan fingerprint density at radius 1 is 1.39 bits per heavy atom. The molecule has 0 saturated heterocycles. The Bertz CT molecular complexity index is 517. The van der Waals surface area contributed by atoms with Crippen molar-refractivity contribution in [1.82, 2.24) is 4.98 Å². The van der Waals surface area contributed by atoms with Crippen molar-refractivity contribution in [2.24, 2.45) is 0 Å². The van der Waals surface area contributed by atoms with Gasteiger partial charge in [0.2, 0.25) is 0 Å². The number of ether oxygens (including phenoxy) is 1. The number of halogens is 1. The van der Waals surface area contributed by atoms with Crippen molar-refractivity contribution in [3.8, 4) is 0 Å². The first-order valence-electron chi connectivity index (χ1n) is 8.23. The van der Waals surface area contributed by atoms with E-state index < -0.39 is 0 Å². The van der Waals surface area contributed by atoms with Gasteiger partial charge >= 0.3 is 5.97 Å². The molecular weight excluding hydrogens is 314 g/mol. The molecule has 1 heterocycles. The maximum absolute atomic E-state index is 11.1. The fourth-order valence-electron chi connectivity index (χ4n) is 2.78. The van der Waals surface area contributed by atoms with E-state index in [0.29, 0.717) is 30.0 Å². The third-order valence-electron chi connectivity index (χ3n) is 3.75. The molecule has 1 aromatic heterocycles. The number of carbonyl (C=O) groups is 1. The SMILES string of the molecule is CCCC(CCC)N(CCOC(C)=O)c1cc(C)nc(Cl)c1N. The van der Waals surface area contributed by atoms with Crippen LogP contribution in [0.25, 0.3) is 0 Å². The third kappa shape index (κ3) is 5.90. The largest absolute Gasteiger partial charge is 0.464 e. The van der Waals surface area contributed by atoms with Gasteiger partial charge in [-0.2, -0.15) is 0 Å². The molecule has 0 fully saturated rings. The zero-order valence-electron chi connectivity index (χ0n) is 14.6. The second-order valence-electron chi connectivity index (χ2n) is 5.75. The average molecular weight is 342 g/mol. The Morgan fingerprint density at radius 3 is 2.52 bits per heavy atom. The summed E-state index contributed by atoms with van der Waals surface area (Å²) in [6, 6.07) is 2.29. The molecule has 0 bridgehead atoms. The molecule has 2 N–H and O–H groups in total. The van der Waals surface area contributed by atoms with Gasteiger partial charge in [-0.15, -0.1) is 0 Å². The minimum absolute atomic E-state index is 0.274. The van der Waals surface area contributed by atoms with Crippen molar-refractivity contribution in [1.29, 1.82) is 0 Å². The molecule has 0 radical (unpaired) electrons. The summed E-state index contributed by atoms with van der Waals surface area (Å²) in [5.74, 6) is -0.274. The van der Waals surface area contributed by atoms with Gasteiger partial charge in [-0.1, -0.05) is 38.3 Å². The third-order valence-corrected chi connectivity index (χ3v) is 4.04. The van der Waals surface area contributed by atoms with Crippen molar-refractivity contribution in [2.45, 2.75) is 59.4 Å². The molecule has 1 aromatic rings. The second kappa shape index (κ2) is 9.60. The highest BCUT2D eigenvalue weighted by atomic mass is 35.5. The van der Waals surface area contributed by atoms with E-state index in [-0.39, 0.29) is 5.97 Å². The summed E-state index contributed by atoms with van der Waals surface area (Å²) in [7, 11) is 0. The zero-order valence-corrected chi connectivity index (χ0v) is 15.3. The lowest BCUT2D eigenvalue weighted by atomic mass is 10.0. The summed E-state index contributed by atoms with van der Waals surface area (Å²) in [4.78, 5) is 17.5. The Morgan fingerprint density at radius 2 is 2.00 bits per heavy atom. The summed E-state index contributed by atoms with van der Waals surface area (Å²) in [6.45, 7) is 8.57. The fourth-order valence-corrected chi connectivity index (χ4v) is 3.01. The monoisotopic (exact) mass is 341 g/mol. The molecule has 0 amide bonds. The fraction of sp³-hybridized carbons (Fsp3) is 0.647. The number of esters is 1. The smallest absolute Gasteiger partial charge is 0.302 e. The normalized spacial score (nSPS) is 10.9. The van der Waals surface area contributed by atoms with Gasteiger partial charge in [0, 0.05) is 18.7 Å². The van der Waals surface area contributed by atoms with E-state index in [0.717, 1.165) is 37.1 Å². The predicted octanol–water partition coefficient (Wildman–Crippen LogP) is 3.96. The van der Waals surface area contributed by atoms with Crippen LogP contribution in [-0.4, -0.2) is 30.1 Å². The van der Waals surface area contributed by atoms with Crippen LogP contribution in [0, 0.1) is 6.92 Å². The molecule has 0 aliphatic heterocycles. The van der Waals surface area contributed by atoms with Gasteiger partial charge < -0.3 is 15.4 Å². The maximum Gasteiger partial charge on any atom is 0.302 e. The molecule has 5 nitrogen and oxygen atoms in total. The van der Waals surface area contributed by atoms with E-state index in [1.165, 1.54) is 6.92 Å². The zero-order chi connectivity index (χ0) is 17.4. The minimum Gasteiger partial charge on any atom is -0.464 e. The van der Waals surface area contributed by atoms with Crippen molar-refractivity contribution in [3.05, 3.63) is 16.9 Å². The number of nitrogens with two attached hydrogens (primary N) is 1. The topological polar surface area (TPSA) is 68.5 Å². The lowest BCUT2D eigenvalue weighted by molar-refractivity contribution is -0.140. The van der Waals surface area contributed by atoms with Crippen LogP contribution in [0.3, 0.4) is 0 Å². The molecule has 0 aromatic carbocycles. The number of nitrogens with zero attached hydrogens (tertiary/aromatic N) is 2. The minimum atomic E-state index is -0.274. The molecule has 0 aliphatic carbocycles. The van der Waals surface area contributed by atoms with Gasteiger partial charge in [0.05, 0.1) is 17.9 Å². The van der Waals surface area contributed by atoms with E-state index in [1.807, 2.05) is 13.0 Å². The van der Waals surface area contributed by atoms with Gasteiger partial charge in [0.15, 0.2) is 5.15 Å². The number of rotatable bonds is 9. The van der Waals surface area contributed by atoms with Crippen LogP contribution in [0.2, 0.25) is 5.15 Å². The maximum atomic E-state index is 11.1. The number of hydrogen-bond donors (Lipinski definition) is 1. The van der Waals surface area contributed by atoms with Crippen LogP contribution in [0.5, 0.6) is 0 Å². The first-order valence-corrected chi connectivity index (χ1v) is 8.61. The number of carbonyl (C=O) groups excluding carboxylic acids is 1. The Balaban J connectivity index is 3.13. The first-order chi connectivity index (χ1) is 10.9. The summed E-state index contributed by atoms with van der Waals surface area (Å²) >= 11 is 6.16. The van der Waals surface area contributed by atoms with Crippen molar-refractivity contribution in [2.75, 3.05) is 23.8 Å². The molecule has 23 heavy (non-hydrogen) atoms. The molecule has 0 unspecified atom stereocenters. The van der Waals surface area contributed by atoms with Crippen LogP contribution in [0.15, 0.2) is 6.07 Å². The van der Waals surface area contributed by atoms with Crippen LogP contribution < -0.4 is 10.6 Å². The summed E-state index contributed by atoms with van der Waals surface area (Å²) in [5.41, 5.74) is 8.35. The van der Waals surface area contributed by atoms with Gasteiger partial charge in [-0.05, 0) is 25.8 Å². The van der Waals surface area contributed by atoms with Gasteiger partial charge in [0.25, 0.3) is 0 Å². The van der Waals surface area contributed by atoms with E-state index in [2.05, 4.69) is 23.7 Å². The molecule has 1 rings (SSSR count). The molecule has 0 saturated carbocycles. The summed E-state index contributed by atoms with van der Waals surface area (Å²) in [5, 5.41) is 0.323. The summed E-state index contributed by atoms with van der Waals surface area (Å²) < 4.78 is 5.13. The van der Waals surface area contributed by atoms with E-state index in [1.54, 1.807) is 0 Å². The van der Waals surface area contributed by atoms with Crippen LogP contribution in [0.4, 0.5) is 11.4 Å². The van der Waals surface area contributed by atoms with Crippen LogP contribution >= 0.6 is 11.6 Å². The predicted molar refractivity (Wildman–Crippen MR) is 96.0 cm³/mol. The molecule has 0 atom stereocenters. The molecule has 6 heteroatoms. The molecule has 0 spiro atoms. The lowest BCUT2D eigenvalue weighted by Gasteiger charge is -2.34. The van der Waals surface area contributed by atoms with E-state index >= 15 is 0 Å². The Labute approximate surface area is 144 Å². The van der Waals surface area contributed by atoms with Crippen molar-refractivity contribution in [3.63, 3.8) is 0 Å². The average Bonchev–Trinajstić information content (AvgIpc) is 2.47. The highest BCUT2D eigenvalue weighted by Gasteiger charge is 2.21. The van der Waals surface area contributed by atoms with Gasteiger partial charge in [-0.3, -0.25) is 4.79 Å². The molecular formula is C17H28ClN3O2. The number of aryl methyl sites for hydroxylation is 1. The van der Waals surface area contributed by atoms with Gasteiger partial charge in [-0.25, -0.2) is 4.98 Å². The Hall–Kier alpha value is -1.49. The van der Waals surface area contributed by atoms with E-state index in [4.69, 9.17) is 22.1 Å². The molecule has 130 valence electrons. The second-order valence-corrected chi connectivity index (χ2v) is 6.11. The highest BCUT2D eigenvalue weighted by Crippen LogP contribution is 2.32. The quantitative estimate of drug-likeness (QED) is 0.543. The van der Waals surface area contributed by atoms with E-state index in [9.17, 15) is 4.79 Å². The number of nitrogen functional groups attached to an aromatic ring is 1. The molecule has 0 aliphatic rings. The number of aromatic nitrogens is 1. The van der Waals surface area contributed by atoms with Crippen molar-refractivity contribution < 1.29 is 9.53 Å². The number of pyridine rings is 1. The van der Waals surface area contributed by atoms with Crippen LogP contribution in [0.1, 0.15) is 52.1 Å². The number of anilines is 2. The van der Waals surface area contributed by atoms with Gasteiger partial charge in [0.1, 0.15) is 6.61 Å². The number of hydrogen-bond acceptors (Lipinski definition) is 5. The Kier molecular flexibility index (Phi) is 8.17. The standard InChI is InChI=1S/C17H28ClN3O2/c1-5-7-14(8-6-2)21(9-10-23-13(4)22)15-11-12(3)20-17(18)16(15)19/h11,14H,5-10,19H2,1-4H3. The lowest BCUT2D eigenvalue weighted by Crippen LogP contribution is -2.38. The first kappa shape index (κ1) is 19.6. The summed E-state index contributed by atoms with van der Waals surface area (Å²) in [6.07, 6.45) is 4.25. The van der Waals surface area contributed by atoms with Crippen molar-refractivity contribution >= 4 is 28.9 Å².